The van der Waals surface area contributed by atoms with E-state index in [0.717, 1.165) is 55.2 Å². The minimum atomic E-state index is 0.0395. The Labute approximate surface area is 159 Å². The van der Waals surface area contributed by atoms with Gasteiger partial charge < -0.3 is 19.2 Å². The van der Waals surface area contributed by atoms with Crippen molar-refractivity contribution < 1.29 is 18.7 Å². The highest BCUT2D eigenvalue weighted by Crippen LogP contribution is 2.34. The number of carbonyl (C=O) groups is 1. The van der Waals surface area contributed by atoms with Crippen molar-refractivity contribution in [1.82, 2.24) is 15.2 Å². The van der Waals surface area contributed by atoms with Gasteiger partial charge in [0, 0.05) is 32.6 Å². The summed E-state index contributed by atoms with van der Waals surface area (Å²) < 4.78 is 16.7. The van der Waals surface area contributed by atoms with E-state index in [0.29, 0.717) is 11.6 Å². The zero-order chi connectivity index (χ0) is 19.4. The van der Waals surface area contributed by atoms with Gasteiger partial charge in [-0.2, -0.15) is 0 Å². The quantitative estimate of drug-likeness (QED) is 0.839. The van der Waals surface area contributed by atoms with Crippen molar-refractivity contribution in [2.24, 2.45) is 0 Å². The number of hydrogen-bond acceptors (Lipinski definition) is 6. The number of nitrogens with zero attached hydrogens (tertiary/aromatic N) is 2. The van der Waals surface area contributed by atoms with Gasteiger partial charge in [-0.05, 0) is 38.0 Å². The van der Waals surface area contributed by atoms with Crippen molar-refractivity contribution in [1.29, 1.82) is 0 Å². The molecule has 1 saturated heterocycles. The number of carbonyl (C=O) groups excluding carboxylic acids is 1. The molecule has 27 heavy (non-hydrogen) atoms. The molecule has 1 amide bonds. The molecule has 2 aromatic rings. The molecule has 1 N–H and O–H groups in total. The van der Waals surface area contributed by atoms with Gasteiger partial charge >= 0.3 is 0 Å². The fourth-order valence-electron chi connectivity index (χ4n) is 3.41. The van der Waals surface area contributed by atoms with Crippen LogP contribution in [0.3, 0.4) is 0 Å². The summed E-state index contributed by atoms with van der Waals surface area (Å²) in [7, 11) is 3.25. The van der Waals surface area contributed by atoms with Crippen LogP contribution in [0.15, 0.2) is 22.6 Å². The molecule has 1 aliphatic heterocycles. The van der Waals surface area contributed by atoms with E-state index in [9.17, 15) is 4.79 Å². The van der Waals surface area contributed by atoms with Crippen LogP contribution in [0.4, 0.5) is 0 Å². The van der Waals surface area contributed by atoms with E-state index in [1.165, 1.54) is 0 Å². The number of benzene rings is 1. The highest BCUT2D eigenvalue weighted by Gasteiger charge is 2.22. The molecule has 1 aromatic carbocycles. The lowest BCUT2D eigenvalue weighted by Crippen LogP contribution is -2.43. The van der Waals surface area contributed by atoms with E-state index in [4.69, 9.17) is 18.9 Å². The number of piperidine rings is 1. The van der Waals surface area contributed by atoms with E-state index in [1.807, 2.05) is 25.1 Å². The van der Waals surface area contributed by atoms with Crippen LogP contribution in [0.25, 0.3) is 11.5 Å². The normalized spacial score (nSPS) is 15.6. The van der Waals surface area contributed by atoms with Crippen molar-refractivity contribution in [3.8, 4) is 23.0 Å². The van der Waals surface area contributed by atoms with Crippen LogP contribution in [0.2, 0.25) is 0 Å². The highest BCUT2D eigenvalue weighted by molar-refractivity contribution is 5.73. The summed E-state index contributed by atoms with van der Waals surface area (Å²) in [5.41, 5.74) is 1.70. The Kier molecular flexibility index (Phi) is 6.01. The lowest BCUT2D eigenvalue weighted by Gasteiger charge is -2.31. The molecular formula is C20H27N3O4. The van der Waals surface area contributed by atoms with Crippen LogP contribution in [-0.2, 0) is 11.3 Å². The number of oxazole rings is 1. The molecule has 146 valence electrons. The van der Waals surface area contributed by atoms with Crippen molar-refractivity contribution in [2.75, 3.05) is 27.3 Å². The summed E-state index contributed by atoms with van der Waals surface area (Å²) in [4.78, 5) is 18.3. The van der Waals surface area contributed by atoms with Crippen molar-refractivity contribution in [2.45, 2.75) is 39.3 Å². The SMILES string of the molecule is COc1ccc(OC)c(-c2nc(CN3CCC(NC(C)=O)CC3)c(C)o2)c1. The fraction of sp³-hybridized carbons (Fsp3) is 0.500. The summed E-state index contributed by atoms with van der Waals surface area (Å²) in [6.45, 7) is 6.08. The van der Waals surface area contributed by atoms with Gasteiger partial charge in [0.15, 0.2) is 0 Å². The molecule has 0 saturated carbocycles. The first-order valence-electron chi connectivity index (χ1n) is 9.18. The topological polar surface area (TPSA) is 76.8 Å². The number of aromatic nitrogens is 1. The second-order valence-corrected chi connectivity index (χ2v) is 6.84. The molecule has 3 rings (SSSR count). The van der Waals surface area contributed by atoms with Gasteiger partial charge in [-0.3, -0.25) is 9.69 Å². The van der Waals surface area contributed by atoms with Crippen molar-refractivity contribution >= 4 is 5.91 Å². The molecule has 0 unspecified atom stereocenters. The van der Waals surface area contributed by atoms with Gasteiger partial charge in [-0.25, -0.2) is 4.98 Å². The van der Waals surface area contributed by atoms with Crippen molar-refractivity contribution in [3.63, 3.8) is 0 Å². The van der Waals surface area contributed by atoms with Gasteiger partial charge in [0.1, 0.15) is 17.3 Å². The lowest BCUT2D eigenvalue weighted by molar-refractivity contribution is -0.119. The van der Waals surface area contributed by atoms with Crippen LogP contribution in [0.1, 0.15) is 31.2 Å². The first kappa shape index (κ1) is 19.2. The third kappa shape index (κ3) is 4.60. The maximum absolute atomic E-state index is 11.2. The largest absolute Gasteiger partial charge is 0.497 e. The number of ether oxygens (including phenoxy) is 2. The zero-order valence-corrected chi connectivity index (χ0v) is 16.4. The Balaban J connectivity index is 1.72. The summed E-state index contributed by atoms with van der Waals surface area (Å²) in [6.07, 6.45) is 1.90. The van der Waals surface area contributed by atoms with E-state index < -0.39 is 0 Å². The molecule has 0 bridgehead atoms. The number of hydrogen-bond donors (Lipinski definition) is 1. The third-order valence-electron chi connectivity index (χ3n) is 4.90. The molecule has 7 heteroatoms. The van der Waals surface area contributed by atoms with Crippen LogP contribution >= 0.6 is 0 Å². The van der Waals surface area contributed by atoms with Crippen molar-refractivity contribution in [3.05, 3.63) is 29.7 Å². The van der Waals surface area contributed by atoms with Crippen LogP contribution in [0.5, 0.6) is 11.5 Å². The van der Waals surface area contributed by atoms with Crippen LogP contribution in [0, 0.1) is 6.92 Å². The van der Waals surface area contributed by atoms with Crippen LogP contribution in [-0.4, -0.2) is 49.1 Å². The maximum atomic E-state index is 11.2. The second-order valence-electron chi connectivity index (χ2n) is 6.84. The van der Waals surface area contributed by atoms with Gasteiger partial charge in [0.25, 0.3) is 0 Å². The molecule has 1 aromatic heterocycles. The third-order valence-corrected chi connectivity index (χ3v) is 4.90. The van der Waals surface area contributed by atoms with E-state index in [1.54, 1.807) is 21.1 Å². The van der Waals surface area contributed by atoms with Crippen LogP contribution < -0.4 is 14.8 Å². The standard InChI is InChI=1S/C20H27N3O4/c1-13-18(12-23-9-7-15(8-10-23)21-14(2)24)22-20(27-13)17-11-16(25-3)5-6-19(17)26-4/h5-6,11,15H,7-10,12H2,1-4H3,(H,21,24). The Hall–Kier alpha value is -2.54. The number of aryl methyl sites for hydroxylation is 1. The smallest absolute Gasteiger partial charge is 0.230 e. The first-order chi connectivity index (χ1) is 13.0. The molecule has 1 aliphatic rings. The highest BCUT2D eigenvalue weighted by atomic mass is 16.5. The molecule has 0 spiro atoms. The maximum Gasteiger partial charge on any atom is 0.230 e. The molecule has 1 fully saturated rings. The van der Waals surface area contributed by atoms with Gasteiger partial charge in [-0.1, -0.05) is 0 Å². The predicted molar refractivity (Wildman–Crippen MR) is 102 cm³/mol. The molecule has 0 aliphatic carbocycles. The Morgan fingerprint density at radius 2 is 2.04 bits per heavy atom. The number of amides is 1. The zero-order valence-electron chi connectivity index (χ0n) is 16.4. The molecule has 0 radical (unpaired) electrons. The first-order valence-corrected chi connectivity index (χ1v) is 9.18. The Morgan fingerprint density at radius 3 is 2.67 bits per heavy atom. The van der Waals surface area contributed by atoms with Gasteiger partial charge in [0.05, 0.1) is 25.5 Å². The summed E-state index contributed by atoms with van der Waals surface area (Å²) >= 11 is 0. The molecular weight excluding hydrogens is 346 g/mol. The molecule has 2 heterocycles. The number of nitrogens with one attached hydrogen (secondary N) is 1. The van der Waals surface area contributed by atoms with E-state index in [-0.39, 0.29) is 11.9 Å². The summed E-state index contributed by atoms with van der Waals surface area (Å²) in [6, 6.07) is 5.83. The lowest BCUT2D eigenvalue weighted by atomic mass is 10.0. The number of likely N-dealkylation sites (tertiary alicyclic amines) is 1. The minimum absolute atomic E-state index is 0.0395. The monoisotopic (exact) mass is 373 g/mol. The number of methoxy groups -OCH3 is 2. The Morgan fingerprint density at radius 1 is 1.30 bits per heavy atom. The van der Waals surface area contributed by atoms with E-state index >= 15 is 0 Å². The fourth-order valence-corrected chi connectivity index (χ4v) is 3.41. The van der Waals surface area contributed by atoms with E-state index in [2.05, 4.69) is 10.2 Å². The van der Waals surface area contributed by atoms with Gasteiger partial charge in [0.2, 0.25) is 11.8 Å². The summed E-state index contributed by atoms with van der Waals surface area (Å²) in [5, 5.41) is 3.00. The summed E-state index contributed by atoms with van der Waals surface area (Å²) in [5.74, 6) is 2.80. The average Bonchev–Trinajstić information content (AvgIpc) is 3.02. The predicted octanol–water partition coefficient (Wildman–Crippen LogP) is 2.77. The Bertz CT molecular complexity index is 795. The molecule has 7 nitrogen and oxygen atoms in total. The van der Waals surface area contributed by atoms with Gasteiger partial charge in [-0.15, -0.1) is 0 Å². The minimum Gasteiger partial charge on any atom is -0.497 e. The second kappa shape index (κ2) is 8.43. The molecule has 0 atom stereocenters. The average molecular weight is 373 g/mol. The number of rotatable bonds is 6.